The molecule has 21 heavy (non-hydrogen) atoms. The summed E-state index contributed by atoms with van der Waals surface area (Å²) >= 11 is 0. The first kappa shape index (κ1) is 15.3. The maximum absolute atomic E-state index is 12.5. The summed E-state index contributed by atoms with van der Waals surface area (Å²) in [6, 6.07) is 2.00. The molecule has 1 atom stereocenters. The Morgan fingerprint density at radius 2 is 1.81 bits per heavy atom. The van der Waals surface area contributed by atoms with Crippen LogP contribution in [-0.2, 0) is 10.9 Å². The van der Waals surface area contributed by atoms with Crippen LogP contribution in [0.5, 0.6) is 0 Å². The summed E-state index contributed by atoms with van der Waals surface area (Å²) in [7, 11) is 0. The van der Waals surface area contributed by atoms with Crippen molar-refractivity contribution in [3.8, 4) is 0 Å². The highest BCUT2D eigenvalue weighted by Gasteiger charge is 2.50. The van der Waals surface area contributed by atoms with Crippen molar-refractivity contribution in [2.24, 2.45) is 0 Å². The molecule has 116 valence electrons. The summed E-state index contributed by atoms with van der Waals surface area (Å²) in [6.07, 6.45) is -13.1. The Hall–Kier alpha value is -2.13. The van der Waals surface area contributed by atoms with Crippen molar-refractivity contribution in [3.63, 3.8) is 0 Å². The third kappa shape index (κ3) is 2.98. The van der Waals surface area contributed by atoms with Crippen LogP contribution in [0.1, 0.15) is 5.56 Å². The lowest BCUT2D eigenvalue weighted by atomic mass is 10.1. The molecule has 1 saturated heterocycles. The van der Waals surface area contributed by atoms with Crippen molar-refractivity contribution >= 4 is 17.5 Å². The Morgan fingerprint density at radius 3 is 2.24 bits per heavy atom. The molecular formula is C11H8F6N2O2. The number of alkyl halides is 6. The van der Waals surface area contributed by atoms with E-state index in [0.717, 1.165) is 6.07 Å². The van der Waals surface area contributed by atoms with Gasteiger partial charge in [-0.25, -0.2) is 4.79 Å². The number of nitrogens with zero attached hydrogens (tertiary/aromatic N) is 1. The highest BCUT2D eigenvalue weighted by Crippen LogP contribution is 2.37. The van der Waals surface area contributed by atoms with Gasteiger partial charge in [0.1, 0.15) is 0 Å². The fraction of sp³-hybridized carbons (Fsp3) is 0.364. The van der Waals surface area contributed by atoms with Crippen LogP contribution in [-0.4, -0.2) is 24.9 Å². The number of hydrogen-bond acceptors (Lipinski definition) is 3. The van der Waals surface area contributed by atoms with E-state index in [1.54, 1.807) is 0 Å². The van der Waals surface area contributed by atoms with Crippen LogP contribution in [0.25, 0.3) is 0 Å². The van der Waals surface area contributed by atoms with Crippen LogP contribution in [0, 0.1) is 0 Å². The second kappa shape index (κ2) is 4.71. The number of anilines is 2. The maximum atomic E-state index is 12.5. The van der Waals surface area contributed by atoms with Crippen LogP contribution in [0.4, 0.5) is 42.5 Å². The predicted octanol–water partition coefficient (Wildman–Crippen LogP) is 3.18. The van der Waals surface area contributed by atoms with E-state index in [1.165, 1.54) is 0 Å². The molecule has 1 fully saturated rings. The molecule has 0 unspecified atom stereocenters. The fourth-order valence-electron chi connectivity index (χ4n) is 1.81. The molecule has 1 amide bonds. The summed E-state index contributed by atoms with van der Waals surface area (Å²) in [4.78, 5) is 11.9. The number of nitrogen functional groups attached to an aromatic ring is 1. The molecule has 10 heteroatoms. The molecule has 4 nitrogen and oxygen atoms in total. The number of ether oxygens (including phenoxy) is 1. The van der Waals surface area contributed by atoms with Gasteiger partial charge < -0.3 is 10.5 Å². The van der Waals surface area contributed by atoms with Gasteiger partial charge in [0.05, 0.1) is 23.5 Å². The number of rotatable bonds is 1. The second-order valence-corrected chi connectivity index (χ2v) is 4.30. The normalized spacial score (nSPS) is 19.8. The zero-order valence-corrected chi connectivity index (χ0v) is 10.1. The van der Waals surface area contributed by atoms with Crippen molar-refractivity contribution in [2.45, 2.75) is 18.5 Å². The molecule has 0 bridgehead atoms. The summed E-state index contributed by atoms with van der Waals surface area (Å²) in [5.41, 5.74) is 3.59. The fourth-order valence-corrected chi connectivity index (χ4v) is 1.81. The lowest BCUT2D eigenvalue weighted by Crippen LogP contribution is -2.33. The first-order valence-electron chi connectivity index (χ1n) is 5.51. The average molecular weight is 314 g/mol. The number of halogens is 6. The Balaban J connectivity index is 2.29. The van der Waals surface area contributed by atoms with Gasteiger partial charge in [-0.1, -0.05) is 0 Å². The van der Waals surface area contributed by atoms with E-state index in [1.807, 2.05) is 0 Å². The highest BCUT2D eigenvalue weighted by atomic mass is 19.4. The third-order valence-corrected chi connectivity index (χ3v) is 2.82. The van der Waals surface area contributed by atoms with Crippen molar-refractivity contribution in [1.82, 2.24) is 0 Å². The number of nitrogens with two attached hydrogens (primary N) is 1. The number of carbonyl (C=O) groups excluding carboxylic acids is 1. The molecule has 1 aromatic carbocycles. The van der Waals surface area contributed by atoms with E-state index in [-0.39, 0.29) is 5.69 Å². The molecule has 1 heterocycles. The second-order valence-electron chi connectivity index (χ2n) is 4.30. The largest absolute Gasteiger partial charge is 0.434 e. The van der Waals surface area contributed by atoms with Gasteiger partial charge in [0, 0.05) is 0 Å². The molecule has 2 N–H and O–H groups in total. The van der Waals surface area contributed by atoms with Gasteiger partial charge in [-0.05, 0) is 18.2 Å². The third-order valence-electron chi connectivity index (χ3n) is 2.82. The van der Waals surface area contributed by atoms with Crippen LogP contribution < -0.4 is 10.6 Å². The summed E-state index contributed by atoms with van der Waals surface area (Å²) in [5.74, 6) is 0. The van der Waals surface area contributed by atoms with Gasteiger partial charge in [-0.15, -0.1) is 0 Å². The number of carbonyl (C=O) groups is 1. The number of amides is 1. The Bertz CT molecular complexity index is 569. The molecule has 0 aromatic heterocycles. The van der Waals surface area contributed by atoms with Crippen LogP contribution >= 0.6 is 0 Å². The van der Waals surface area contributed by atoms with Gasteiger partial charge in [-0.2, -0.15) is 26.3 Å². The molecular weight excluding hydrogens is 306 g/mol. The van der Waals surface area contributed by atoms with Crippen LogP contribution in [0.2, 0.25) is 0 Å². The molecule has 1 aromatic rings. The van der Waals surface area contributed by atoms with E-state index in [9.17, 15) is 31.1 Å². The number of benzene rings is 1. The standard InChI is InChI=1S/C11H8F6N2O2/c12-10(13,14)5-1-2-7(6(18)3-5)19-4-8(11(15,16)17)21-9(19)20/h1-3,8H,4,18H2/t8-/m0/s1. The lowest BCUT2D eigenvalue weighted by molar-refractivity contribution is -0.191. The van der Waals surface area contributed by atoms with Crippen molar-refractivity contribution in [3.05, 3.63) is 23.8 Å². The van der Waals surface area contributed by atoms with Crippen molar-refractivity contribution in [2.75, 3.05) is 17.2 Å². The minimum atomic E-state index is -4.76. The van der Waals surface area contributed by atoms with E-state index in [4.69, 9.17) is 5.73 Å². The van der Waals surface area contributed by atoms with Crippen LogP contribution in [0.3, 0.4) is 0 Å². The summed E-state index contributed by atoms with van der Waals surface area (Å²) in [5, 5.41) is 0. The van der Waals surface area contributed by atoms with Crippen molar-refractivity contribution < 1.29 is 35.9 Å². The monoisotopic (exact) mass is 314 g/mol. The van der Waals surface area contributed by atoms with E-state index < -0.39 is 42.3 Å². The molecule has 2 rings (SSSR count). The van der Waals surface area contributed by atoms with Crippen molar-refractivity contribution in [1.29, 1.82) is 0 Å². The van der Waals surface area contributed by atoms with E-state index in [0.29, 0.717) is 17.0 Å². The smallest absolute Gasteiger partial charge is 0.427 e. The quantitative estimate of drug-likeness (QED) is 0.640. The molecule has 0 radical (unpaired) electrons. The molecule has 1 aliphatic heterocycles. The Morgan fingerprint density at radius 1 is 1.19 bits per heavy atom. The molecule has 0 spiro atoms. The van der Waals surface area contributed by atoms with Gasteiger partial charge in [0.2, 0.25) is 6.10 Å². The first-order valence-corrected chi connectivity index (χ1v) is 5.51. The number of hydrogen-bond donors (Lipinski definition) is 1. The topological polar surface area (TPSA) is 55.6 Å². The van der Waals surface area contributed by atoms with Gasteiger partial charge in [0.15, 0.2) is 0 Å². The maximum Gasteiger partial charge on any atom is 0.427 e. The molecule has 0 aliphatic carbocycles. The minimum Gasteiger partial charge on any atom is -0.434 e. The minimum absolute atomic E-state index is 0.264. The van der Waals surface area contributed by atoms with Crippen LogP contribution in [0.15, 0.2) is 18.2 Å². The Kier molecular flexibility index (Phi) is 3.42. The molecule has 0 saturated carbocycles. The van der Waals surface area contributed by atoms with E-state index >= 15 is 0 Å². The summed E-state index contributed by atoms with van der Waals surface area (Å²) in [6.45, 7) is -0.863. The lowest BCUT2D eigenvalue weighted by Gasteiger charge is -2.17. The summed E-state index contributed by atoms with van der Waals surface area (Å²) < 4.78 is 78.9. The zero-order chi connectivity index (χ0) is 16.0. The average Bonchev–Trinajstić information content (AvgIpc) is 2.70. The SMILES string of the molecule is Nc1cc(C(F)(F)F)ccc1N1C[C@@H](C(F)(F)F)OC1=O. The Labute approximate surface area is 114 Å². The van der Waals surface area contributed by atoms with Gasteiger partial charge >= 0.3 is 18.4 Å². The zero-order valence-electron chi connectivity index (χ0n) is 10.1. The predicted molar refractivity (Wildman–Crippen MR) is 59.5 cm³/mol. The first-order chi connectivity index (χ1) is 9.50. The number of cyclic esters (lactones) is 1. The van der Waals surface area contributed by atoms with Gasteiger partial charge in [0.25, 0.3) is 0 Å². The highest BCUT2D eigenvalue weighted by molar-refractivity contribution is 5.93. The van der Waals surface area contributed by atoms with E-state index in [2.05, 4.69) is 4.74 Å². The van der Waals surface area contributed by atoms with Gasteiger partial charge in [-0.3, -0.25) is 4.90 Å². The molecule has 1 aliphatic rings.